The summed E-state index contributed by atoms with van der Waals surface area (Å²) in [6, 6.07) is 7.75. The van der Waals surface area contributed by atoms with Gasteiger partial charge in [0.1, 0.15) is 9.79 Å². The number of hydrogen-bond acceptors (Lipinski definition) is 6. The topological polar surface area (TPSA) is 132 Å². The minimum Gasteiger partial charge on any atom is -0.282 e. The average Bonchev–Trinajstić information content (AvgIpc) is 2.46. The summed E-state index contributed by atoms with van der Waals surface area (Å²) in [6.07, 6.45) is 0. The van der Waals surface area contributed by atoms with E-state index in [2.05, 4.69) is 0 Å². The molecule has 0 saturated carbocycles. The largest absolute Gasteiger partial charge is 0.294 e. The molecule has 2 rings (SSSR count). The van der Waals surface area contributed by atoms with Crippen LogP contribution in [0.3, 0.4) is 0 Å². The van der Waals surface area contributed by atoms with Crippen LogP contribution in [0, 0.1) is 17.0 Å². The highest BCUT2D eigenvalue weighted by Crippen LogP contribution is 2.31. The molecule has 0 aliphatic carbocycles. The molecule has 0 unspecified atom stereocenters. The molecule has 0 spiro atoms. The van der Waals surface area contributed by atoms with Gasteiger partial charge in [0.2, 0.25) is 9.84 Å². The Balaban J connectivity index is 2.72. The molecule has 0 saturated heterocycles. The Morgan fingerprint density at radius 1 is 0.957 bits per heavy atom. The molecule has 0 heterocycles. The van der Waals surface area contributed by atoms with Gasteiger partial charge in [0.15, 0.2) is 0 Å². The van der Waals surface area contributed by atoms with Crippen LogP contribution < -0.4 is 0 Å². The van der Waals surface area contributed by atoms with Gasteiger partial charge in [-0.3, -0.25) is 14.7 Å². The summed E-state index contributed by atoms with van der Waals surface area (Å²) in [7, 11) is -8.90. The lowest BCUT2D eigenvalue weighted by Gasteiger charge is -2.07. The molecule has 0 radical (unpaired) electrons. The number of rotatable bonds is 4. The van der Waals surface area contributed by atoms with Crippen molar-refractivity contribution < 1.29 is 26.3 Å². The maximum absolute atomic E-state index is 12.5. The molecule has 0 atom stereocenters. The van der Waals surface area contributed by atoms with Crippen molar-refractivity contribution in [2.75, 3.05) is 0 Å². The fourth-order valence-electron chi connectivity index (χ4n) is 1.87. The molecular formula is C13H11NO7S2. The van der Waals surface area contributed by atoms with Gasteiger partial charge in [0.05, 0.1) is 9.82 Å². The predicted molar refractivity (Wildman–Crippen MR) is 79.5 cm³/mol. The van der Waals surface area contributed by atoms with E-state index < -0.39 is 40.4 Å². The third-order valence-corrected chi connectivity index (χ3v) is 5.71. The lowest BCUT2D eigenvalue weighted by molar-refractivity contribution is -0.388. The maximum Gasteiger partial charge on any atom is 0.294 e. The first kappa shape index (κ1) is 17.1. The predicted octanol–water partition coefficient (Wildman–Crippen LogP) is 1.98. The van der Waals surface area contributed by atoms with Crippen molar-refractivity contribution in [1.29, 1.82) is 0 Å². The van der Waals surface area contributed by atoms with Gasteiger partial charge < -0.3 is 0 Å². The van der Waals surface area contributed by atoms with E-state index in [1.165, 1.54) is 24.3 Å². The van der Waals surface area contributed by atoms with Crippen LogP contribution in [0.25, 0.3) is 0 Å². The van der Waals surface area contributed by atoms with Crippen molar-refractivity contribution in [3.05, 3.63) is 58.1 Å². The monoisotopic (exact) mass is 357 g/mol. The molecule has 10 heteroatoms. The second-order valence-electron chi connectivity index (χ2n) is 4.68. The van der Waals surface area contributed by atoms with Crippen LogP contribution >= 0.6 is 0 Å². The van der Waals surface area contributed by atoms with Crippen molar-refractivity contribution in [3.8, 4) is 0 Å². The normalized spacial score (nSPS) is 12.1. The van der Waals surface area contributed by atoms with Gasteiger partial charge in [-0.1, -0.05) is 17.7 Å². The fourth-order valence-corrected chi connectivity index (χ4v) is 3.78. The SMILES string of the molecule is Cc1ccc(S(=O)(=O)c2ccc(S(=O)(=O)O)cc2[N+](=O)[O-])cc1. The second kappa shape index (κ2) is 5.72. The van der Waals surface area contributed by atoms with E-state index in [0.717, 1.165) is 17.7 Å². The van der Waals surface area contributed by atoms with Crippen molar-refractivity contribution in [2.24, 2.45) is 0 Å². The summed E-state index contributed by atoms with van der Waals surface area (Å²) in [5.74, 6) is 0. The molecule has 1 N–H and O–H groups in total. The Bertz CT molecular complexity index is 977. The van der Waals surface area contributed by atoms with Gasteiger partial charge in [-0.2, -0.15) is 8.42 Å². The number of benzene rings is 2. The number of sulfone groups is 1. The first-order valence-corrected chi connectivity index (χ1v) is 9.03. The van der Waals surface area contributed by atoms with Crippen LogP contribution in [0.5, 0.6) is 0 Å². The van der Waals surface area contributed by atoms with Crippen LogP contribution in [-0.2, 0) is 20.0 Å². The zero-order chi connectivity index (χ0) is 17.4. The number of nitro benzene ring substituents is 1. The maximum atomic E-state index is 12.5. The van der Waals surface area contributed by atoms with Gasteiger partial charge in [-0.05, 0) is 31.2 Å². The van der Waals surface area contributed by atoms with Gasteiger partial charge in [-0.15, -0.1) is 0 Å². The summed E-state index contributed by atoms with van der Waals surface area (Å²) in [5, 5.41) is 11.1. The summed E-state index contributed by atoms with van der Waals surface area (Å²) in [4.78, 5) is 8.51. The molecule has 0 aliphatic heterocycles. The zero-order valence-corrected chi connectivity index (χ0v) is 13.3. The third-order valence-electron chi connectivity index (χ3n) is 3.05. The fraction of sp³-hybridized carbons (Fsp3) is 0.0769. The van der Waals surface area contributed by atoms with E-state index >= 15 is 0 Å². The molecule has 8 nitrogen and oxygen atoms in total. The lowest BCUT2D eigenvalue weighted by Crippen LogP contribution is -2.08. The molecule has 0 fully saturated rings. The van der Waals surface area contributed by atoms with Crippen LogP contribution in [-0.4, -0.2) is 26.3 Å². The van der Waals surface area contributed by atoms with E-state index in [-0.39, 0.29) is 4.90 Å². The molecule has 0 amide bonds. The first-order valence-electron chi connectivity index (χ1n) is 6.11. The Hall–Kier alpha value is -2.30. The molecule has 23 heavy (non-hydrogen) atoms. The van der Waals surface area contributed by atoms with Gasteiger partial charge in [0, 0.05) is 6.07 Å². The zero-order valence-electron chi connectivity index (χ0n) is 11.7. The average molecular weight is 357 g/mol. The molecule has 2 aromatic rings. The quantitative estimate of drug-likeness (QED) is 0.502. The number of nitrogens with zero attached hydrogens (tertiary/aromatic N) is 1. The van der Waals surface area contributed by atoms with Gasteiger partial charge in [0.25, 0.3) is 15.8 Å². The molecule has 0 bridgehead atoms. The van der Waals surface area contributed by atoms with Crippen molar-refractivity contribution >= 4 is 25.6 Å². The van der Waals surface area contributed by atoms with Crippen molar-refractivity contribution in [3.63, 3.8) is 0 Å². The number of hydrogen-bond donors (Lipinski definition) is 1. The molecule has 122 valence electrons. The Morgan fingerprint density at radius 2 is 1.48 bits per heavy atom. The van der Waals surface area contributed by atoms with Gasteiger partial charge >= 0.3 is 0 Å². The summed E-state index contributed by atoms with van der Waals surface area (Å²) >= 11 is 0. The highest BCUT2D eigenvalue weighted by atomic mass is 32.2. The van der Waals surface area contributed by atoms with Crippen LogP contribution in [0.2, 0.25) is 0 Å². The Morgan fingerprint density at radius 3 is 1.96 bits per heavy atom. The van der Waals surface area contributed by atoms with Crippen molar-refractivity contribution in [2.45, 2.75) is 21.6 Å². The minimum atomic E-state index is -4.69. The first-order chi connectivity index (χ1) is 10.5. The third kappa shape index (κ3) is 3.38. The van der Waals surface area contributed by atoms with Crippen LogP contribution in [0.1, 0.15) is 5.56 Å². The van der Waals surface area contributed by atoms with Crippen molar-refractivity contribution in [1.82, 2.24) is 0 Å². The molecule has 2 aromatic carbocycles. The minimum absolute atomic E-state index is 0.161. The highest BCUT2D eigenvalue weighted by Gasteiger charge is 2.29. The van der Waals surface area contributed by atoms with E-state index in [9.17, 15) is 26.9 Å². The van der Waals surface area contributed by atoms with E-state index in [0.29, 0.717) is 6.07 Å². The molecule has 0 aliphatic rings. The second-order valence-corrected chi connectivity index (χ2v) is 8.02. The van der Waals surface area contributed by atoms with E-state index in [4.69, 9.17) is 4.55 Å². The summed E-state index contributed by atoms with van der Waals surface area (Å²) < 4.78 is 56.1. The van der Waals surface area contributed by atoms with Crippen LogP contribution in [0.15, 0.2) is 57.2 Å². The van der Waals surface area contributed by atoms with E-state index in [1.807, 2.05) is 0 Å². The van der Waals surface area contributed by atoms with E-state index in [1.54, 1.807) is 6.92 Å². The number of aryl methyl sites for hydroxylation is 1. The highest BCUT2D eigenvalue weighted by molar-refractivity contribution is 7.91. The van der Waals surface area contributed by atoms with Crippen LogP contribution in [0.4, 0.5) is 5.69 Å². The standard InChI is InChI=1S/C13H11NO7S2/c1-9-2-4-10(5-3-9)22(17,18)13-7-6-11(23(19,20)21)8-12(13)14(15)16/h2-8H,1H3,(H,19,20,21). The molecular weight excluding hydrogens is 346 g/mol. The Labute approximate surface area is 132 Å². The summed E-state index contributed by atoms with van der Waals surface area (Å²) in [6.45, 7) is 1.75. The summed E-state index contributed by atoms with van der Waals surface area (Å²) in [5.41, 5.74) is -0.124. The lowest BCUT2D eigenvalue weighted by atomic mass is 10.2. The van der Waals surface area contributed by atoms with Gasteiger partial charge in [-0.25, -0.2) is 8.42 Å². The Kier molecular flexibility index (Phi) is 4.24. The smallest absolute Gasteiger partial charge is 0.282 e. The molecule has 0 aromatic heterocycles. The number of nitro groups is 1.